The molecule has 0 spiro atoms. The van der Waals surface area contributed by atoms with Crippen molar-refractivity contribution in [2.75, 3.05) is 0 Å². The molecule has 0 radical (unpaired) electrons. The predicted octanol–water partition coefficient (Wildman–Crippen LogP) is 4.20. The van der Waals surface area contributed by atoms with Crippen LogP contribution in [-0.2, 0) is 0 Å². The molecule has 0 atom stereocenters. The highest BCUT2D eigenvalue weighted by atomic mass is 35.5. The molecule has 0 N–H and O–H groups in total. The Kier molecular flexibility index (Phi) is 3.17. The van der Waals surface area contributed by atoms with E-state index in [9.17, 15) is 13.2 Å². The third-order valence-corrected chi connectivity index (χ3v) is 2.39. The van der Waals surface area contributed by atoms with Gasteiger partial charge in [0.25, 0.3) is 0 Å². The van der Waals surface area contributed by atoms with Crippen LogP contribution in [0, 0.1) is 6.92 Å². The fraction of sp³-hybridized carbons (Fsp3) is 0.250. The molecular formula is C8H5Cl2F3O. The summed E-state index contributed by atoms with van der Waals surface area (Å²) in [6, 6.07) is 2.37. The van der Waals surface area contributed by atoms with Gasteiger partial charge in [0.05, 0.1) is 5.02 Å². The lowest BCUT2D eigenvalue weighted by Gasteiger charge is -2.11. The number of hydrogen-bond donors (Lipinski definition) is 0. The average Bonchev–Trinajstić information content (AvgIpc) is 2.04. The minimum atomic E-state index is -4.75. The molecule has 0 bridgehead atoms. The maximum Gasteiger partial charge on any atom is 0.573 e. The molecule has 1 rings (SSSR count). The summed E-state index contributed by atoms with van der Waals surface area (Å²) in [7, 11) is 0. The lowest BCUT2D eigenvalue weighted by Crippen LogP contribution is -2.17. The Labute approximate surface area is 88.4 Å². The van der Waals surface area contributed by atoms with E-state index in [2.05, 4.69) is 4.74 Å². The smallest absolute Gasteiger partial charge is 0.404 e. The zero-order valence-corrected chi connectivity index (χ0v) is 8.46. The first kappa shape index (κ1) is 11.5. The van der Waals surface area contributed by atoms with Crippen molar-refractivity contribution >= 4 is 23.2 Å². The van der Waals surface area contributed by atoms with Crippen molar-refractivity contribution in [2.24, 2.45) is 0 Å². The molecule has 0 unspecified atom stereocenters. The van der Waals surface area contributed by atoms with Crippen molar-refractivity contribution in [1.29, 1.82) is 0 Å². The Morgan fingerprint density at radius 1 is 1.21 bits per heavy atom. The van der Waals surface area contributed by atoms with Gasteiger partial charge in [-0.2, -0.15) is 0 Å². The molecule has 0 aliphatic heterocycles. The molecule has 0 aromatic heterocycles. The summed E-state index contributed by atoms with van der Waals surface area (Å²) in [5, 5.41) is 0.166. The lowest BCUT2D eigenvalue weighted by atomic mass is 10.2. The molecule has 14 heavy (non-hydrogen) atoms. The lowest BCUT2D eigenvalue weighted by molar-refractivity contribution is -0.274. The van der Waals surface area contributed by atoms with Crippen LogP contribution in [-0.4, -0.2) is 6.36 Å². The largest absolute Gasteiger partial charge is 0.573 e. The molecule has 0 aliphatic carbocycles. The van der Waals surface area contributed by atoms with Crippen LogP contribution in [0.3, 0.4) is 0 Å². The Hall–Kier alpha value is -0.610. The van der Waals surface area contributed by atoms with Crippen molar-refractivity contribution in [1.82, 2.24) is 0 Å². The molecule has 78 valence electrons. The first-order valence-corrected chi connectivity index (χ1v) is 4.27. The fourth-order valence-corrected chi connectivity index (χ4v) is 1.25. The molecule has 6 heteroatoms. The first-order valence-electron chi connectivity index (χ1n) is 3.51. The van der Waals surface area contributed by atoms with E-state index in [1.54, 1.807) is 0 Å². The van der Waals surface area contributed by atoms with Gasteiger partial charge >= 0.3 is 6.36 Å². The van der Waals surface area contributed by atoms with Crippen LogP contribution in [0.5, 0.6) is 5.75 Å². The van der Waals surface area contributed by atoms with Gasteiger partial charge in [-0.1, -0.05) is 23.2 Å². The summed E-state index contributed by atoms with van der Waals surface area (Å²) in [6.07, 6.45) is -4.75. The van der Waals surface area contributed by atoms with Crippen LogP contribution in [0.25, 0.3) is 0 Å². The van der Waals surface area contributed by atoms with E-state index >= 15 is 0 Å². The number of ether oxygens (including phenoxy) is 1. The van der Waals surface area contributed by atoms with Crippen molar-refractivity contribution < 1.29 is 17.9 Å². The van der Waals surface area contributed by atoms with E-state index in [4.69, 9.17) is 23.2 Å². The SMILES string of the molecule is Cc1c(Cl)ccc(OC(F)(F)F)c1Cl. The Bertz CT molecular complexity index is 349. The van der Waals surface area contributed by atoms with E-state index in [-0.39, 0.29) is 5.02 Å². The summed E-state index contributed by atoms with van der Waals surface area (Å²) in [5.74, 6) is -0.443. The minimum Gasteiger partial charge on any atom is -0.404 e. The standard InChI is InChI=1S/C8H5Cl2F3O/c1-4-5(9)2-3-6(7(4)10)14-8(11,12)13/h2-3H,1H3. The van der Waals surface area contributed by atoms with Gasteiger partial charge < -0.3 is 4.74 Å². The van der Waals surface area contributed by atoms with E-state index in [1.807, 2.05) is 0 Å². The molecule has 1 aromatic rings. The van der Waals surface area contributed by atoms with Crippen molar-refractivity contribution in [2.45, 2.75) is 13.3 Å². The van der Waals surface area contributed by atoms with Gasteiger partial charge in [0.15, 0.2) is 0 Å². The second-order valence-corrected chi connectivity index (χ2v) is 3.32. The van der Waals surface area contributed by atoms with E-state index in [0.29, 0.717) is 10.6 Å². The van der Waals surface area contributed by atoms with Crippen LogP contribution in [0.15, 0.2) is 12.1 Å². The molecule has 1 nitrogen and oxygen atoms in total. The van der Waals surface area contributed by atoms with Crippen LogP contribution in [0.4, 0.5) is 13.2 Å². The van der Waals surface area contributed by atoms with Crippen LogP contribution < -0.4 is 4.74 Å². The third-order valence-electron chi connectivity index (χ3n) is 1.51. The summed E-state index contributed by atoms with van der Waals surface area (Å²) < 4.78 is 39.2. The summed E-state index contributed by atoms with van der Waals surface area (Å²) in [5.41, 5.74) is 0.357. The zero-order valence-electron chi connectivity index (χ0n) is 6.95. The van der Waals surface area contributed by atoms with Gasteiger partial charge in [-0.25, -0.2) is 0 Å². The molecule has 0 heterocycles. The quantitative estimate of drug-likeness (QED) is 0.720. The number of benzene rings is 1. The van der Waals surface area contributed by atoms with Crippen molar-refractivity contribution in [3.05, 3.63) is 27.7 Å². The van der Waals surface area contributed by atoms with Gasteiger partial charge in [0.1, 0.15) is 5.75 Å². The number of rotatable bonds is 1. The van der Waals surface area contributed by atoms with Crippen molar-refractivity contribution in [3.63, 3.8) is 0 Å². The number of alkyl halides is 3. The van der Waals surface area contributed by atoms with E-state index in [1.165, 1.54) is 13.0 Å². The van der Waals surface area contributed by atoms with Gasteiger partial charge in [0, 0.05) is 5.02 Å². The highest BCUT2D eigenvalue weighted by molar-refractivity contribution is 6.36. The first-order chi connectivity index (χ1) is 6.31. The summed E-state index contributed by atoms with van der Waals surface area (Å²) >= 11 is 11.2. The van der Waals surface area contributed by atoms with E-state index in [0.717, 1.165) is 6.07 Å². The van der Waals surface area contributed by atoms with Crippen LogP contribution >= 0.6 is 23.2 Å². The molecule has 1 aromatic carbocycles. The summed E-state index contributed by atoms with van der Waals surface area (Å²) in [6.45, 7) is 1.51. The second kappa shape index (κ2) is 3.87. The fourth-order valence-electron chi connectivity index (χ4n) is 0.840. The highest BCUT2D eigenvalue weighted by Crippen LogP contribution is 2.35. The Balaban J connectivity index is 3.06. The van der Waals surface area contributed by atoms with Crippen LogP contribution in [0.1, 0.15) is 5.56 Å². The molecule has 0 aliphatic rings. The predicted molar refractivity (Wildman–Crippen MR) is 47.9 cm³/mol. The molecule has 0 amide bonds. The normalized spacial score (nSPS) is 11.6. The Morgan fingerprint density at radius 2 is 1.79 bits per heavy atom. The third kappa shape index (κ3) is 2.69. The monoisotopic (exact) mass is 244 g/mol. The van der Waals surface area contributed by atoms with E-state index < -0.39 is 12.1 Å². The number of halogens is 5. The summed E-state index contributed by atoms with van der Waals surface area (Å²) in [4.78, 5) is 0. The topological polar surface area (TPSA) is 9.23 Å². The highest BCUT2D eigenvalue weighted by Gasteiger charge is 2.32. The Morgan fingerprint density at radius 3 is 2.29 bits per heavy atom. The molecule has 0 saturated heterocycles. The van der Waals surface area contributed by atoms with Gasteiger partial charge in [0.2, 0.25) is 0 Å². The maximum atomic E-state index is 11.8. The average molecular weight is 245 g/mol. The van der Waals surface area contributed by atoms with Gasteiger partial charge in [-0.15, -0.1) is 13.2 Å². The minimum absolute atomic E-state index is 0.130. The second-order valence-electron chi connectivity index (χ2n) is 2.53. The number of hydrogen-bond acceptors (Lipinski definition) is 1. The zero-order chi connectivity index (χ0) is 10.9. The van der Waals surface area contributed by atoms with Gasteiger partial charge in [-0.3, -0.25) is 0 Å². The molecule has 0 saturated carbocycles. The van der Waals surface area contributed by atoms with Crippen molar-refractivity contribution in [3.8, 4) is 5.75 Å². The van der Waals surface area contributed by atoms with Crippen LogP contribution in [0.2, 0.25) is 10.0 Å². The molecule has 0 fully saturated rings. The van der Waals surface area contributed by atoms with Gasteiger partial charge in [-0.05, 0) is 24.6 Å². The maximum absolute atomic E-state index is 11.8. The molecular weight excluding hydrogens is 240 g/mol.